The molecule has 0 aromatic carbocycles. The van der Waals surface area contributed by atoms with Gasteiger partial charge in [0.2, 0.25) is 21.1 Å². The van der Waals surface area contributed by atoms with Crippen molar-refractivity contribution in [2.45, 2.75) is 37.6 Å². The van der Waals surface area contributed by atoms with Crippen LogP contribution in [0.5, 0.6) is 0 Å². The van der Waals surface area contributed by atoms with Crippen LogP contribution in [0.1, 0.15) is 36.6 Å². The summed E-state index contributed by atoms with van der Waals surface area (Å²) in [5, 5.41) is 12.1. The Morgan fingerprint density at radius 3 is 2.75 bits per heavy atom. The number of anilines is 1. The summed E-state index contributed by atoms with van der Waals surface area (Å²) in [6.07, 6.45) is 4.65. The number of carbonyl (C=O) groups excluding carboxylic acids is 1. The number of nitrogens with one attached hydrogen (secondary N) is 1. The number of hydrogen-bond donors (Lipinski definition) is 1. The average Bonchev–Trinajstić information content (AvgIpc) is 2.91. The molecule has 0 spiro atoms. The Morgan fingerprint density at radius 1 is 1.35 bits per heavy atom. The summed E-state index contributed by atoms with van der Waals surface area (Å²) in [5.74, 6) is 0.184. The van der Waals surface area contributed by atoms with Crippen molar-refractivity contribution in [1.82, 2.24) is 14.5 Å². The highest BCUT2D eigenvalue weighted by Crippen LogP contribution is 2.42. The second kappa shape index (κ2) is 5.05. The van der Waals surface area contributed by atoms with Gasteiger partial charge in [0.15, 0.2) is 0 Å². The number of sulfonamides is 1. The van der Waals surface area contributed by atoms with Gasteiger partial charge >= 0.3 is 0 Å². The van der Waals surface area contributed by atoms with Gasteiger partial charge in [-0.25, -0.2) is 8.42 Å². The fourth-order valence-electron chi connectivity index (χ4n) is 2.37. The standard InChI is InChI=1S/C11H16N4O3S2/c1-20(17,18)15-6-2-3-8(15)9(16)12-11-14-13-10(19-11)7-4-5-7/h7-8H,2-6H2,1H3,(H,12,14,16)/t8-/m0/s1. The summed E-state index contributed by atoms with van der Waals surface area (Å²) < 4.78 is 24.5. The molecule has 1 atom stereocenters. The highest BCUT2D eigenvalue weighted by atomic mass is 32.2. The Kier molecular flexibility index (Phi) is 3.51. The van der Waals surface area contributed by atoms with Crippen LogP contribution >= 0.6 is 11.3 Å². The normalized spacial score (nSPS) is 23.9. The maximum Gasteiger partial charge on any atom is 0.244 e. The molecule has 0 radical (unpaired) electrons. The molecule has 0 unspecified atom stereocenters. The van der Waals surface area contributed by atoms with Crippen molar-refractivity contribution in [3.63, 3.8) is 0 Å². The van der Waals surface area contributed by atoms with Gasteiger partial charge in [-0.05, 0) is 25.7 Å². The van der Waals surface area contributed by atoms with Crippen LogP contribution in [0.2, 0.25) is 0 Å². The van der Waals surface area contributed by atoms with E-state index in [0.29, 0.717) is 30.4 Å². The zero-order valence-electron chi connectivity index (χ0n) is 11.1. The fraction of sp³-hybridized carbons (Fsp3) is 0.727. The van der Waals surface area contributed by atoms with E-state index in [1.165, 1.54) is 15.6 Å². The topological polar surface area (TPSA) is 92.3 Å². The van der Waals surface area contributed by atoms with Gasteiger partial charge in [-0.1, -0.05) is 11.3 Å². The van der Waals surface area contributed by atoms with E-state index in [1.54, 1.807) is 0 Å². The summed E-state index contributed by atoms with van der Waals surface area (Å²) in [7, 11) is -3.35. The Labute approximate surface area is 121 Å². The van der Waals surface area contributed by atoms with E-state index in [2.05, 4.69) is 15.5 Å². The molecule has 110 valence electrons. The minimum absolute atomic E-state index is 0.313. The lowest BCUT2D eigenvalue weighted by Crippen LogP contribution is -2.42. The summed E-state index contributed by atoms with van der Waals surface area (Å²) in [5.41, 5.74) is 0. The maximum absolute atomic E-state index is 12.2. The van der Waals surface area contributed by atoms with Gasteiger partial charge in [0.25, 0.3) is 0 Å². The van der Waals surface area contributed by atoms with E-state index in [-0.39, 0.29) is 5.91 Å². The smallest absolute Gasteiger partial charge is 0.244 e. The van der Waals surface area contributed by atoms with Crippen molar-refractivity contribution < 1.29 is 13.2 Å². The highest BCUT2D eigenvalue weighted by Gasteiger charge is 2.37. The highest BCUT2D eigenvalue weighted by molar-refractivity contribution is 7.88. The second-order valence-electron chi connectivity index (χ2n) is 5.24. The zero-order valence-corrected chi connectivity index (χ0v) is 12.7. The third kappa shape index (κ3) is 2.84. The van der Waals surface area contributed by atoms with Crippen molar-refractivity contribution >= 4 is 32.4 Å². The molecule has 2 fully saturated rings. The maximum atomic E-state index is 12.2. The fourth-order valence-corrected chi connectivity index (χ4v) is 4.41. The van der Waals surface area contributed by atoms with Gasteiger partial charge in [0, 0.05) is 12.5 Å². The Balaban J connectivity index is 1.68. The first-order valence-corrected chi connectivity index (χ1v) is 9.23. The minimum atomic E-state index is -3.35. The Hall–Kier alpha value is -1.06. The van der Waals surface area contributed by atoms with Gasteiger partial charge in [-0.3, -0.25) is 10.1 Å². The molecule has 1 amide bonds. The third-order valence-corrected chi connectivity index (χ3v) is 5.82. The SMILES string of the molecule is CS(=O)(=O)N1CCC[C@H]1C(=O)Nc1nnc(C2CC2)s1. The van der Waals surface area contributed by atoms with Crippen LogP contribution in [0.3, 0.4) is 0 Å². The van der Waals surface area contributed by atoms with Crippen molar-refractivity contribution in [3.8, 4) is 0 Å². The molecule has 2 aliphatic rings. The first-order chi connectivity index (χ1) is 9.45. The van der Waals surface area contributed by atoms with Crippen LogP contribution < -0.4 is 5.32 Å². The molecule has 1 aromatic rings. The van der Waals surface area contributed by atoms with Crippen LogP contribution in [0.4, 0.5) is 5.13 Å². The monoisotopic (exact) mass is 316 g/mol. The van der Waals surface area contributed by atoms with Gasteiger partial charge in [-0.15, -0.1) is 10.2 Å². The van der Waals surface area contributed by atoms with E-state index in [1.807, 2.05) is 0 Å². The molecule has 9 heteroatoms. The largest absolute Gasteiger partial charge is 0.299 e. The van der Waals surface area contributed by atoms with E-state index in [9.17, 15) is 13.2 Å². The van der Waals surface area contributed by atoms with Crippen LogP contribution in [0.15, 0.2) is 0 Å². The number of rotatable bonds is 4. The quantitative estimate of drug-likeness (QED) is 0.886. The van der Waals surface area contributed by atoms with E-state index >= 15 is 0 Å². The minimum Gasteiger partial charge on any atom is -0.299 e. The number of hydrogen-bond acceptors (Lipinski definition) is 6. The van der Waals surface area contributed by atoms with Gasteiger partial charge in [0.05, 0.1) is 6.26 Å². The van der Waals surface area contributed by atoms with Crippen LogP contribution in [-0.2, 0) is 14.8 Å². The number of carbonyl (C=O) groups is 1. The Morgan fingerprint density at radius 2 is 2.10 bits per heavy atom. The first kappa shape index (κ1) is 13.9. The molecule has 20 heavy (non-hydrogen) atoms. The van der Waals surface area contributed by atoms with Crippen molar-refractivity contribution in [1.29, 1.82) is 0 Å². The van der Waals surface area contributed by atoms with Gasteiger partial charge in [0.1, 0.15) is 11.0 Å². The zero-order chi connectivity index (χ0) is 14.3. The molecule has 1 N–H and O–H groups in total. The molecular formula is C11H16N4O3S2. The molecule has 1 saturated heterocycles. The molecule has 1 aliphatic heterocycles. The molecular weight excluding hydrogens is 300 g/mol. The predicted octanol–water partition coefficient (Wildman–Crippen LogP) is 0.778. The van der Waals surface area contributed by atoms with Gasteiger partial charge < -0.3 is 0 Å². The summed E-state index contributed by atoms with van der Waals surface area (Å²) in [6, 6.07) is -0.627. The molecule has 2 heterocycles. The van der Waals surface area contributed by atoms with E-state index in [4.69, 9.17) is 0 Å². The molecule has 7 nitrogen and oxygen atoms in total. The lowest BCUT2D eigenvalue weighted by atomic mass is 10.2. The van der Waals surface area contributed by atoms with Crippen LogP contribution in [0, 0.1) is 0 Å². The van der Waals surface area contributed by atoms with Crippen molar-refractivity contribution in [3.05, 3.63) is 5.01 Å². The average molecular weight is 316 g/mol. The van der Waals surface area contributed by atoms with Crippen molar-refractivity contribution in [2.24, 2.45) is 0 Å². The predicted molar refractivity (Wildman–Crippen MR) is 75.1 cm³/mol. The number of aromatic nitrogens is 2. The molecule has 0 bridgehead atoms. The molecule has 1 aliphatic carbocycles. The molecule has 1 aromatic heterocycles. The lowest BCUT2D eigenvalue weighted by Gasteiger charge is -2.20. The van der Waals surface area contributed by atoms with E-state index in [0.717, 1.165) is 24.1 Å². The second-order valence-corrected chi connectivity index (χ2v) is 8.18. The summed E-state index contributed by atoms with van der Waals surface area (Å²) in [6.45, 7) is 0.403. The third-order valence-electron chi connectivity index (χ3n) is 3.53. The van der Waals surface area contributed by atoms with E-state index < -0.39 is 16.1 Å². The first-order valence-electron chi connectivity index (χ1n) is 6.56. The molecule has 1 saturated carbocycles. The molecule has 3 rings (SSSR count). The van der Waals surface area contributed by atoms with Crippen LogP contribution in [-0.4, -0.2) is 47.7 Å². The summed E-state index contributed by atoms with van der Waals surface area (Å²) >= 11 is 1.38. The lowest BCUT2D eigenvalue weighted by molar-refractivity contribution is -0.119. The summed E-state index contributed by atoms with van der Waals surface area (Å²) in [4.78, 5) is 12.2. The van der Waals surface area contributed by atoms with Gasteiger partial charge in [-0.2, -0.15) is 4.31 Å². The van der Waals surface area contributed by atoms with Crippen molar-refractivity contribution in [2.75, 3.05) is 18.1 Å². The Bertz CT molecular complexity index is 623. The number of nitrogens with zero attached hydrogens (tertiary/aromatic N) is 3. The van der Waals surface area contributed by atoms with Crippen LogP contribution in [0.25, 0.3) is 0 Å². The number of amides is 1.